The molecule has 0 fully saturated rings. The van der Waals surface area contributed by atoms with Crippen molar-refractivity contribution in [2.75, 3.05) is 0 Å². The second kappa shape index (κ2) is 12.9. The van der Waals surface area contributed by atoms with Crippen LogP contribution in [-0.4, -0.2) is 32.1 Å². The average molecular weight is 640 g/mol. The molecular formula is C35H34FN5O4S. The number of rotatable bonds is 10. The summed E-state index contributed by atoms with van der Waals surface area (Å²) >= 11 is 1.22. The first-order valence-electron chi connectivity index (χ1n) is 15.2. The van der Waals surface area contributed by atoms with Crippen molar-refractivity contribution in [2.24, 2.45) is 11.7 Å². The molecule has 46 heavy (non-hydrogen) atoms. The highest BCUT2D eigenvalue weighted by molar-refractivity contribution is 7.17. The summed E-state index contributed by atoms with van der Waals surface area (Å²) < 4.78 is 19.5. The van der Waals surface area contributed by atoms with Crippen LogP contribution in [0.4, 0.5) is 4.39 Å². The van der Waals surface area contributed by atoms with Crippen LogP contribution in [0.25, 0.3) is 21.9 Å². The van der Waals surface area contributed by atoms with E-state index >= 15 is 0 Å². The Bertz CT molecular complexity index is 1920. The second-order valence-corrected chi connectivity index (χ2v) is 13.0. The summed E-state index contributed by atoms with van der Waals surface area (Å²) in [6, 6.07) is 17.1. The summed E-state index contributed by atoms with van der Waals surface area (Å²) in [5.41, 5.74) is 10.7. The second-order valence-electron chi connectivity index (χ2n) is 11.9. The number of nitrogens with two attached hydrogens (primary N) is 1. The minimum Gasteiger partial charge on any atom is -0.421 e. The fourth-order valence-corrected chi connectivity index (χ4v) is 6.99. The summed E-state index contributed by atoms with van der Waals surface area (Å²) in [5.74, 6) is -0.829. The summed E-state index contributed by atoms with van der Waals surface area (Å²) in [5, 5.41) is 22.7. The molecule has 1 aliphatic carbocycles. The van der Waals surface area contributed by atoms with Gasteiger partial charge in [-0.25, -0.2) is 4.39 Å². The van der Waals surface area contributed by atoms with Crippen LogP contribution in [0.15, 0.2) is 65.1 Å². The zero-order valence-electron chi connectivity index (χ0n) is 25.7. The third-order valence-electron chi connectivity index (χ3n) is 8.09. The normalized spacial score (nSPS) is 14.8. The van der Waals surface area contributed by atoms with Crippen LogP contribution in [0.1, 0.15) is 86.4 Å². The lowest BCUT2D eigenvalue weighted by atomic mass is 9.90. The molecule has 0 bridgehead atoms. The van der Waals surface area contributed by atoms with Gasteiger partial charge in [0.1, 0.15) is 5.82 Å². The zero-order valence-corrected chi connectivity index (χ0v) is 26.5. The first-order chi connectivity index (χ1) is 22.1. The number of halogens is 1. The number of aliphatic hydroxyl groups excluding tert-OH is 1. The maximum atomic E-state index is 13.6. The molecule has 0 spiro atoms. The Hall–Kier alpha value is -4.74. The summed E-state index contributed by atoms with van der Waals surface area (Å²) in [7, 11) is 0. The van der Waals surface area contributed by atoms with Crippen molar-refractivity contribution >= 4 is 23.2 Å². The van der Waals surface area contributed by atoms with Crippen molar-refractivity contribution in [1.82, 2.24) is 20.5 Å². The third-order valence-corrected chi connectivity index (χ3v) is 9.19. The Labute approximate surface area is 269 Å². The molecule has 3 aromatic heterocycles. The van der Waals surface area contributed by atoms with Gasteiger partial charge >= 0.3 is 0 Å². The number of thiophene rings is 1. The number of hydrogen-bond acceptors (Lipinski definition) is 8. The van der Waals surface area contributed by atoms with Crippen LogP contribution in [0.2, 0.25) is 0 Å². The number of nitrogens with one attached hydrogen (secondary N) is 1. The smallest absolute Gasteiger partial charge is 0.261 e. The molecule has 236 valence electrons. The molecule has 3 heterocycles. The molecule has 2 atom stereocenters. The van der Waals surface area contributed by atoms with Crippen LogP contribution < -0.4 is 11.1 Å². The average Bonchev–Trinajstić information content (AvgIpc) is 3.77. The molecule has 9 nitrogen and oxygen atoms in total. The van der Waals surface area contributed by atoms with E-state index in [0.29, 0.717) is 50.1 Å². The molecule has 4 N–H and O–H groups in total. The molecule has 6 rings (SSSR count). The molecule has 0 radical (unpaired) electrons. The van der Waals surface area contributed by atoms with E-state index in [9.17, 15) is 19.1 Å². The number of aliphatic hydroxyl groups is 1. The van der Waals surface area contributed by atoms with Crippen molar-refractivity contribution in [2.45, 2.75) is 58.6 Å². The number of nitrogens with zero attached hydrogens (tertiary/aromatic N) is 3. The quantitative estimate of drug-likeness (QED) is 0.163. The number of hydrogen-bond donors (Lipinski definition) is 3. The van der Waals surface area contributed by atoms with Gasteiger partial charge in [-0.2, -0.15) is 0 Å². The number of benzene rings is 2. The lowest BCUT2D eigenvalue weighted by molar-refractivity contribution is 0.0939. The summed E-state index contributed by atoms with van der Waals surface area (Å²) in [6.45, 7) is 5.65. The van der Waals surface area contributed by atoms with Crippen molar-refractivity contribution in [3.05, 3.63) is 111 Å². The fraction of sp³-hybridized carbons (Fsp3) is 0.286. The first-order valence-corrected chi connectivity index (χ1v) is 16.0. The third kappa shape index (κ3) is 6.33. The number of primary amides is 1. The molecule has 0 aliphatic heterocycles. The van der Waals surface area contributed by atoms with Gasteiger partial charge in [-0.05, 0) is 66.1 Å². The van der Waals surface area contributed by atoms with Gasteiger partial charge in [0.05, 0.1) is 39.5 Å². The van der Waals surface area contributed by atoms with E-state index in [0.717, 1.165) is 18.4 Å². The van der Waals surface area contributed by atoms with Crippen LogP contribution in [0, 0.1) is 18.7 Å². The van der Waals surface area contributed by atoms with Crippen molar-refractivity contribution in [3.8, 4) is 21.9 Å². The van der Waals surface area contributed by atoms with Crippen molar-refractivity contribution in [3.63, 3.8) is 0 Å². The number of aryl methyl sites for hydroxylation is 2. The standard InChI is InChI=1S/C35H34FN5O4S/c1-18(2)16-25-30(33(37)43)32(28-14-15-29(46-28)34(44)39-24-13-10-20-6-4-5-7-23(20)24)31(35-41-40-19(3)45-35)26(38-25)17-27(42)21-8-11-22(36)12-9-21/h4-9,11-12,14-15,18,24,27,42H,10,13,16-17H2,1-3H3,(H2,37,43)(H,39,44)/t24-,27?/m1/s1. The van der Waals surface area contributed by atoms with Gasteiger partial charge in [-0.1, -0.05) is 50.2 Å². The van der Waals surface area contributed by atoms with E-state index in [-0.39, 0.29) is 35.7 Å². The molecule has 11 heteroatoms. The van der Waals surface area contributed by atoms with Crippen LogP contribution in [0.3, 0.4) is 0 Å². The molecular weight excluding hydrogens is 605 g/mol. The van der Waals surface area contributed by atoms with E-state index in [1.54, 1.807) is 19.1 Å². The highest BCUT2D eigenvalue weighted by Crippen LogP contribution is 2.42. The largest absolute Gasteiger partial charge is 0.421 e. The van der Waals surface area contributed by atoms with Gasteiger partial charge in [0, 0.05) is 23.8 Å². The SMILES string of the molecule is Cc1nnc(-c2c(CC(O)c3ccc(F)cc3)nc(CC(C)C)c(C(N)=O)c2-c2ccc(C(=O)N[C@@H]3CCc4ccccc43)s2)o1. The van der Waals surface area contributed by atoms with Gasteiger partial charge in [-0.3, -0.25) is 14.6 Å². The lowest BCUT2D eigenvalue weighted by Crippen LogP contribution is -2.26. The summed E-state index contributed by atoms with van der Waals surface area (Å²) in [6.07, 6.45) is 1.08. The maximum Gasteiger partial charge on any atom is 0.261 e. The van der Waals surface area contributed by atoms with Crippen molar-refractivity contribution < 1.29 is 23.5 Å². The number of carbonyl (C=O) groups is 2. The number of pyridine rings is 1. The number of amides is 2. The molecule has 0 saturated heterocycles. The lowest BCUT2D eigenvalue weighted by Gasteiger charge is -2.20. The highest BCUT2D eigenvalue weighted by Gasteiger charge is 2.31. The van der Waals surface area contributed by atoms with E-state index in [1.165, 1.54) is 41.2 Å². The predicted molar refractivity (Wildman–Crippen MR) is 173 cm³/mol. The molecule has 5 aromatic rings. The van der Waals surface area contributed by atoms with E-state index in [1.807, 2.05) is 32.0 Å². The predicted octanol–water partition coefficient (Wildman–Crippen LogP) is 6.30. The van der Waals surface area contributed by atoms with E-state index in [2.05, 4.69) is 21.6 Å². The van der Waals surface area contributed by atoms with Gasteiger partial charge in [0.2, 0.25) is 11.8 Å². The van der Waals surface area contributed by atoms with Gasteiger partial charge < -0.3 is 20.6 Å². The maximum absolute atomic E-state index is 13.6. The molecule has 2 amide bonds. The Morgan fingerprint density at radius 2 is 1.80 bits per heavy atom. The Morgan fingerprint density at radius 1 is 1.04 bits per heavy atom. The monoisotopic (exact) mass is 639 g/mol. The van der Waals surface area contributed by atoms with Crippen LogP contribution >= 0.6 is 11.3 Å². The Kier molecular flexibility index (Phi) is 8.79. The molecule has 2 aromatic carbocycles. The summed E-state index contributed by atoms with van der Waals surface area (Å²) in [4.78, 5) is 32.7. The van der Waals surface area contributed by atoms with E-state index < -0.39 is 17.8 Å². The Balaban J connectivity index is 1.48. The zero-order chi connectivity index (χ0) is 32.5. The van der Waals surface area contributed by atoms with Crippen LogP contribution in [-0.2, 0) is 19.3 Å². The van der Waals surface area contributed by atoms with Gasteiger partial charge in [0.15, 0.2) is 0 Å². The molecule has 1 aliphatic rings. The van der Waals surface area contributed by atoms with Gasteiger partial charge in [-0.15, -0.1) is 21.5 Å². The van der Waals surface area contributed by atoms with Gasteiger partial charge in [0.25, 0.3) is 11.8 Å². The molecule has 1 unspecified atom stereocenters. The Morgan fingerprint density at radius 3 is 2.50 bits per heavy atom. The highest BCUT2D eigenvalue weighted by atomic mass is 32.1. The minimum atomic E-state index is -1.06. The van der Waals surface area contributed by atoms with E-state index in [4.69, 9.17) is 15.1 Å². The topological polar surface area (TPSA) is 144 Å². The molecule has 0 saturated carbocycles. The minimum absolute atomic E-state index is 0.000657. The fourth-order valence-electron chi connectivity index (χ4n) is 6.03. The van der Waals surface area contributed by atoms with Crippen molar-refractivity contribution in [1.29, 1.82) is 0 Å². The number of aromatic nitrogens is 3. The first kappa shape index (κ1) is 31.3. The number of carbonyl (C=O) groups excluding carboxylic acids is 2. The van der Waals surface area contributed by atoms with Crippen LogP contribution in [0.5, 0.6) is 0 Å². The number of fused-ring (bicyclic) bond motifs is 1.